The molecule has 3 nitrogen and oxygen atoms in total. The summed E-state index contributed by atoms with van der Waals surface area (Å²) in [5.41, 5.74) is 1.95. The van der Waals surface area contributed by atoms with E-state index in [4.69, 9.17) is 11.6 Å². The lowest BCUT2D eigenvalue weighted by Gasteiger charge is -2.28. The molecule has 0 atom stereocenters. The lowest BCUT2D eigenvalue weighted by molar-refractivity contribution is -0.118. The van der Waals surface area contributed by atoms with Crippen LogP contribution in [-0.4, -0.2) is 23.9 Å². The molecule has 0 spiro atoms. The summed E-state index contributed by atoms with van der Waals surface area (Å²) >= 11 is 5.97. The first kappa shape index (κ1) is 11.5. The van der Waals surface area contributed by atoms with Gasteiger partial charge < -0.3 is 4.90 Å². The second kappa shape index (κ2) is 4.58. The van der Waals surface area contributed by atoms with Gasteiger partial charge in [0.2, 0.25) is 0 Å². The van der Waals surface area contributed by atoms with Crippen LogP contribution in [0.5, 0.6) is 0 Å². The van der Waals surface area contributed by atoms with Crippen LogP contribution < -0.4 is 4.90 Å². The van der Waals surface area contributed by atoms with Crippen LogP contribution in [0.2, 0.25) is 5.02 Å². The van der Waals surface area contributed by atoms with Crippen LogP contribution in [0.4, 0.5) is 5.69 Å². The highest BCUT2D eigenvalue weighted by atomic mass is 35.5. The second-order valence-corrected chi connectivity index (χ2v) is 4.99. The first-order chi connectivity index (χ1) is 8.74. The number of hydrogen-bond donors (Lipinski definition) is 0. The van der Waals surface area contributed by atoms with Crippen molar-refractivity contribution in [3.05, 3.63) is 35.5 Å². The van der Waals surface area contributed by atoms with Gasteiger partial charge in [0, 0.05) is 35.3 Å². The summed E-state index contributed by atoms with van der Waals surface area (Å²) in [6.07, 6.45) is 3.40. The van der Waals surface area contributed by atoms with E-state index in [1.807, 2.05) is 24.3 Å². The van der Waals surface area contributed by atoms with Crippen LogP contribution in [-0.2, 0) is 4.79 Å². The number of benzene rings is 1. The molecule has 0 saturated carbocycles. The fourth-order valence-corrected chi connectivity index (χ4v) is 2.59. The number of carbonyl (C=O) groups is 1. The number of Topliss-reactive ketones (excluding diaryl/α,β-unsaturated/α-hetero) is 1. The van der Waals surface area contributed by atoms with E-state index in [2.05, 4.69) is 9.88 Å². The fraction of sp³-hybridized carbons (Fsp3) is 0.286. The van der Waals surface area contributed by atoms with E-state index < -0.39 is 0 Å². The van der Waals surface area contributed by atoms with Crippen molar-refractivity contribution >= 4 is 34.0 Å². The molecule has 1 aromatic heterocycles. The average Bonchev–Trinajstić information content (AvgIpc) is 2.37. The molecule has 4 heteroatoms. The molecule has 0 radical (unpaired) electrons. The maximum Gasteiger partial charge on any atom is 0.152 e. The monoisotopic (exact) mass is 260 g/mol. The van der Waals surface area contributed by atoms with Crippen molar-refractivity contribution in [3.63, 3.8) is 0 Å². The molecule has 2 aromatic rings. The Bertz CT molecular complexity index is 612. The first-order valence-corrected chi connectivity index (χ1v) is 6.43. The number of hydrogen-bond acceptors (Lipinski definition) is 3. The molecule has 0 aliphatic carbocycles. The van der Waals surface area contributed by atoms with E-state index in [-0.39, 0.29) is 0 Å². The van der Waals surface area contributed by atoms with Gasteiger partial charge in [0.15, 0.2) is 5.78 Å². The highest BCUT2D eigenvalue weighted by molar-refractivity contribution is 6.31. The molecular weight excluding hydrogens is 248 g/mol. The predicted octanol–water partition coefficient (Wildman–Crippen LogP) is 3.06. The minimum Gasteiger partial charge on any atom is -0.364 e. The molecule has 3 rings (SSSR count). The van der Waals surface area contributed by atoms with E-state index in [9.17, 15) is 4.79 Å². The third-order valence-corrected chi connectivity index (χ3v) is 3.51. The van der Waals surface area contributed by atoms with Gasteiger partial charge in [-0.15, -0.1) is 0 Å². The average molecular weight is 261 g/mol. The van der Waals surface area contributed by atoms with Crippen molar-refractivity contribution in [3.8, 4) is 0 Å². The van der Waals surface area contributed by atoms with Gasteiger partial charge in [-0.3, -0.25) is 9.78 Å². The van der Waals surface area contributed by atoms with Gasteiger partial charge in [0.1, 0.15) is 0 Å². The predicted molar refractivity (Wildman–Crippen MR) is 73.2 cm³/mol. The number of piperidine rings is 1. The fourth-order valence-electron chi connectivity index (χ4n) is 2.43. The lowest BCUT2D eigenvalue weighted by atomic mass is 10.1. The summed E-state index contributed by atoms with van der Waals surface area (Å²) in [4.78, 5) is 18.0. The molecule has 1 aliphatic rings. The van der Waals surface area contributed by atoms with Gasteiger partial charge in [-0.2, -0.15) is 0 Å². The number of aromatic nitrogens is 1. The Hall–Kier alpha value is -1.61. The number of nitrogens with zero attached hydrogens (tertiary/aromatic N) is 2. The number of halogens is 1. The molecule has 1 fully saturated rings. The number of fused-ring (bicyclic) bond motifs is 1. The van der Waals surface area contributed by atoms with E-state index in [1.165, 1.54) is 0 Å². The third kappa shape index (κ3) is 2.06. The highest BCUT2D eigenvalue weighted by Gasteiger charge is 2.18. The third-order valence-electron chi connectivity index (χ3n) is 3.27. The minimum atomic E-state index is 0.306. The van der Waals surface area contributed by atoms with Crippen molar-refractivity contribution < 1.29 is 4.79 Å². The van der Waals surface area contributed by atoms with Crippen LogP contribution >= 0.6 is 11.6 Å². The Morgan fingerprint density at radius 3 is 3.00 bits per heavy atom. The number of anilines is 1. The zero-order valence-corrected chi connectivity index (χ0v) is 10.7. The van der Waals surface area contributed by atoms with Gasteiger partial charge in [0.05, 0.1) is 12.1 Å². The largest absolute Gasteiger partial charge is 0.364 e. The standard InChI is InChI=1S/C14H13ClN2O/c15-10-3-4-12-13(8-10)16-6-5-14(12)17-7-1-2-11(18)9-17/h3-6,8H,1-2,7,9H2. The van der Waals surface area contributed by atoms with Crippen LogP contribution in [0, 0.1) is 0 Å². The van der Waals surface area contributed by atoms with Gasteiger partial charge >= 0.3 is 0 Å². The number of carbonyl (C=O) groups excluding carboxylic acids is 1. The molecule has 1 aromatic carbocycles. The Kier molecular flexibility index (Phi) is 2.92. The highest BCUT2D eigenvalue weighted by Crippen LogP contribution is 2.28. The number of rotatable bonds is 1. The molecular formula is C14H13ClN2O. The smallest absolute Gasteiger partial charge is 0.152 e. The Morgan fingerprint density at radius 2 is 2.17 bits per heavy atom. The van der Waals surface area contributed by atoms with Crippen LogP contribution in [0.1, 0.15) is 12.8 Å². The zero-order valence-electron chi connectivity index (χ0n) is 9.90. The Balaban J connectivity index is 2.08. The van der Waals surface area contributed by atoms with Crippen LogP contribution in [0.3, 0.4) is 0 Å². The number of pyridine rings is 1. The van der Waals surface area contributed by atoms with Gasteiger partial charge in [-0.25, -0.2) is 0 Å². The van der Waals surface area contributed by atoms with E-state index in [0.29, 0.717) is 23.8 Å². The molecule has 0 bridgehead atoms. The molecule has 18 heavy (non-hydrogen) atoms. The van der Waals surface area contributed by atoms with Crippen molar-refractivity contribution in [1.82, 2.24) is 4.98 Å². The SMILES string of the molecule is O=C1CCCN(c2ccnc3cc(Cl)ccc23)C1. The molecule has 0 unspecified atom stereocenters. The summed E-state index contributed by atoms with van der Waals surface area (Å²) in [6, 6.07) is 7.65. The van der Waals surface area contributed by atoms with Crippen molar-refractivity contribution in [2.24, 2.45) is 0 Å². The van der Waals surface area contributed by atoms with E-state index in [1.54, 1.807) is 6.20 Å². The number of ketones is 1. The maximum absolute atomic E-state index is 11.6. The van der Waals surface area contributed by atoms with Crippen molar-refractivity contribution in [2.45, 2.75) is 12.8 Å². The van der Waals surface area contributed by atoms with E-state index in [0.717, 1.165) is 29.6 Å². The minimum absolute atomic E-state index is 0.306. The summed E-state index contributed by atoms with van der Waals surface area (Å²) in [6.45, 7) is 1.43. The topological polar surface area (TPSA) is 33.2 Å². The molecule has 1 aliphatic heterocycles. The quantitative estimate of drug-likeness (QED) is 0.790. The van der Waals surface area contributed by atoms with E-state index >= 15 is 0 Å². The van der Waals surface area contributed by atoms with Crippen molar-refractivity contribution in [2.75, 3.05) is 18.0 Å². The first-order valence-electron chi connectivity index (χ1n) is 6.05. The van der Waals surface area contributed by atoms with Crippen molar-refractivity contribution in [1.29, 1.82) is 0 Å². The van der Waals surface area contributed by atoms with Crippen LogP contribution in [0.15, 0.2) is 30.5 Å². The molecule has 0 N–H and O–H groups in total. The summed E-state index contributed by atoms with van der Waals surface area (Å²) in [7, 11) is 0. The maximum atomic E-state index is 11.6. The van der Waals surface area contributed by atoms with Gasteiger partial charge in [0.25, 0.3) is 0 Å². The molecule has 0 amide bonds. The van der Waals surface area contributed by atoms with Gasteiger partial charge in [-0.1, -0.05) is 11.6 Å². The lowest BCUT2D eigenvalue weighted by Crippen LogP contribution is -2.35. The summed E-state index contributed by atoms with van der Waals surface area (Å²) in [5.74, 6) is 0.306. The molecule has 92 valence electrons. The normalized spacial score (nSPS) is 16.3. The zero-order chi connectivity index (χ0) is 12.5. The molecule has 1 saturated heterocycles. The van der Waals surface area contributed by atoms with Gasteiger partial charge in [-0.05, 0) is 30.7 Å². The summed E-state index contributed by atoms with van der Waals surface area (Å²) < 4.78 is 0. The Morgan fingerprint density at radius 1 is 1.28 bits per heavy atom. The Labute approximate surface area is 110 Å². The summed E-state index contributed by atoms with van der Waals surface area (Å²) in [5, 5.41) is 1.73. The molecule has 2 heterocycles. The van der Waals surface area contributed by atoms with Crippen LogP contribution in [0.25, 0.3) is 10.9 Å². The second-order valence-electron chi connectivity index (χ2n) is 4.56.